The molecule has 0 spiro atoms. The fraction of sp³-hybridized carbons (Fsp3) is 0.600. The van der Waals surface area contributed by atoms with E-state index in [1.54, 1.807) is 19.9 Å². The second kappa shape index (κ2) is 7.11. The van der Waals surface area contributed by atoms with Crippen molar-refractivity contribution in [3.05, 3.63) is 29.6 Å². The van der Waals surface area contributed by atoms with Gasteiger partial charge in [0.15, 0.2) is 0 Å². The summed E-state index contributed by atoms with van der Waals surface area (Å²) in [7, 11) is 0. The molecule has 0 amide bonds. The molecule has 1 atom stereocenters. The lowest BCUT2D eigenvalue weighted by Crippen LogP contribution is -2.40. The predicted molar refractivity (Wildman–Crippen MR) is 76.9 cm³/mol. The molecule has 0 saturated heterocycles. The number of halogens is 4. The molecular formula is C15H22F4N2. The molecule has 1 aromatic rings. The van der Waals surface area contributed by atoms with Crippen LogP contribution < -0.4 is 10.6 Å². The summed E-state index contributed by atoms with van der Waals surface area (Å²) in [5, 5.41) is 0. The quantitative estimate of drug-likeness (QED) is 0.808. The van der Waals surface area contributed by atoms with Gasteiger partial charge in [0.2, 0.25) is 0 Å². The second-order valence-electron chi connectivity index (χ2n) is 5.46. The van der Waals surface area contributed by atoms with Gasteiger partial charge in [-0.2, -0.15) is 13.2 Å². The van der Waals surface area contributed by atoms with E-state index >= 15 is 0 Å². The Bertz CT molecular complexity index is 457. The Balaban J connectivity index is 3.23. The van der Waals surface area contributed by atoms with Crippen molar-refractivity contribution in [1.29, 1.82) is 0 Å². The van der Waals surface area contributed by atoms with E-state index in [1.165, 1.54) is 12.1 Å². The molecule has 2 nitrogen and oxygen atoms in total. The van der Waals surface area contributed by atoms with Gasteiger partial charge in [-0.05, 0) is 38.3 Å². The van der Waals surface area contributed by atoms with Crippen LogP contribution in [-0.4, -0.2) is 24.8 Å². The lowest BCUT2D eigenvalue weighted by atomic mass is 10.0. The third kappa shape index (κ3) is 5.19. The summed E-state index contributed by atoms with van der Waals surface area (Å²) in [6, 6.07) is 3.65. The number of anilines is 1. The van der Waals surface area contributed by atoms with Crippen molar-refractivity contribution in [3.63, 3.8) is 0 Å². The molecule has 1 unspecified atom stereocenters. The number of rotatable bonds is 6. The fourth-order valence-corrected chi connectivity index (χ4v) is 2.19. The smallest absolute Gasteiger partial charge is 0.357 e. The van der Waals surface area contributed by atoms with Crippen LogP contribution in [0.2, 0.25) is 0 Å². The minimum atomic E-state index is -4.39. The van der Waals surface area contributed by atoms with Crippen LogP contribution in [0.3, 0.4) is 0 Å². The fourth-order valence-electron chi connectivity index (χ4n) is 2.19. The summed E-state index contributed by atoms with van der Waals surface area (Å²) in [5.74, 6) is -0.645. The number of hydrogen-bond donors (Lipinski definition) is 1. The monoisotopic (exact) mass is 306 g/mol. The van der Waals surface area contributed by atoms with Crippen molar-refractivity contribution in [2.24, 2.45) is 5.73 Å². The Morgan fingerprint density at radius 2 is 1.86 bits per heavy atom. The number of nitrogens with zero attached hydrogens (tertiary/aromatic N) is 1. The van der Waals surface area contributed by atoms with Gasteiger partial charge in [0.05, 0.1) is 5.69 Å². The molecule has 0 heterocycles. The highest BCUT2D eigenvalue weighted by Crippen LogP contribution is 2.30. The van der Waals surface area contributed by atoms with E-state index in [-0.39, 0.29) is 11.7 Å². The molecule has 21 heavy (non-hydrogen) atoms. The van der Waals surface area contributed by atoms with E-state index in [0.717, 1.165) is 4.90 Å². The first-order valence-corrected chi connectivity index (χ1v) is 7.02. The molecule has 0 aliphatic rings. The van der Waals surface area contributed by atoms with Gasteiger partial charge in [0.25, 0.3) is 0 Å². The predicted octanol–water partition coefficient (Wildman–Crippen LogP) is 3.88. The summed E-state index contributed by atoms with van der Waals surface area (Å²) >= 11 is 0. The highest BCUT2D eigenvalue weighted by Gasteiger charge is 2.33. The molecule has 0 fully saturated rings. The maximum atomic E-state index is 14.1. The first-order valence-electron chi connectivity index (χ1n) is 7.02. The van der Waals surface area contributed by atoms with Gasteiger partial charge in [0, 0.05) is 12.1 Å². The van der Waals surface area contributed by atoms with Gasteiger partial charge in [-0.25, -0.2) is 4.39 Å². The summed E-state index contributed by atoms with van der Waals surface area (Å²) in [6.45, 7) is 3.93. The summed E-state index contributed by atoms with van der Waals surface area (Å²) < 4.78 is 52.4. The Hall–Kier alpha value is -1.30. The number of benzene rings is 1. The lowest BCUT2D eigenvalue weighted by molar-refractivity contribution is -0.120. The van der Waals surface area contributed by atoms with Crippen LogP contribution >= 0.6 is 0 Å². The lowest BCUT2D eigenvalue weighted by Gasteiger charge is -2.32. The van der Waals surface area contributed by atoms with E-state index in [9.17, 15) is 17.6 Å². The third-order valence-corrected chi connectivity index (χ3v) is 3.34. The van der Waals surface area contributed by atoms with Crippen molar-refractivity contribution >= 4 is 5.69 Å². The van der Waals surface area contributed by atoms with Crippen molar-refractivity contribution in [1.82, 2.24) is 0 Å². The minimum absolute atomic E-state index is 0.00808. The topological polar surface area (TPSA) is 29.3 Å². The Morgan fingerprint density at radius 3 is 2.33 bits per heavy atom. The number of para-hydroxylation sites is 1. The zero-order valence-corrected chi connectivity index (χ0v) is 12.5. The van der Waals surface area contributed by atoms with Crippen molar-refractivity contribution in [2.45, 2.75) is 51.9 Å². The SMILES string of the molecule is CCC(N)Cc1cccc(F)c1N(CC(F)(F)F)C(C)C. The van der Waals surface area contributed by atoms with Crippen LogP contribution in [0.4, 0.5) is 23.2 Å². The first-order chi connectivity index (χ1) is 9.65. The second-order valence-corrected chi connectivity index (χ2v) is 5.46. The van der Waals surface area contributed by atoms with E-state index in [2.05, 4.69) is 0 Å². The molecule has 0 aliphatic heterocycles. The molecule has 0 aromatic heterocycles. The highest BCUT2D eigenvalue weighted by molar-refractivity contribution is 5.56. The molecule has 0 radical (unpaired) electrons. The van der Waals surface area contributed by atoms with Crippen molar-refractivity contribution in [2.75, 3.05) is 11.4 Å². The third-order valence-electron chi connectivity index (χ3n) is 3.34. The van der Waals surface area contributed by atoms with E-state index < -0.39 is 24.6 Å². The Morgan fingerprint density at radius 1 is 1.24 bits per heavy atom. The minimum Gasteiger partial charge on any atom is -0.357 e. The highest BCUT2D eigenvalue weighted by atomic mass is 19.4. The molecule has 120 valence electrons. The van der Waals surface area contributed by atoms with E-state index in [1.807, 2.05) is 6.92 Å². The van der Waals surface area contributed by atoms with E-state index in [0.29, 0.717) is 18.4 Å². The molecule has 1 rings (SSSR count). The zero-order valence-electron chi connectivity index (χ0n) is 12.5. The molecular weight excluding hydrogens is 284 g/mol. The standard InChI is InChI=1S/C15H22F4N2/c1-4-12(20)8-11-6-5-7-13(16)14(11)21(10(2)3)9-15(17,18)19/h5-7,10,12H,4,8-9,20H2,1-3H3. The number of hydrogen-bond acceptors (Lipinski definition) is 2. The van der Waals surface area contributed by atoms with Gasteiger partial charge in [-0.15, -0.1) is 0 Å². The van der Waals surface area contributed by atoms with Crippen LogP contribution in [0.1, 0.15) is 32.8 Å². The summed E-state index contributed by atoms with van der Waals surface area (Å²) in [5.41, 5.74) is 6.39. The molecule has 0 aliphatic carbocycles. The number of nitrogens with two attached hydrogens (primary N) is 1. The van der Waals surface area contributed by atoms with Gasteiger partial charge < -0.3 is 10.6 Å². The maximum absolute atomic E-state index is 14.1. The van der Waals surface area contributed by atoms with Crippen LogP contribution in [0.5, 0.6) is 0 Å². The largest absolute Gasteiger partial charge is 0.405 e. The first kappa shape index (κ1) is 17.8. The van der Waals surface area contributed by atoms with Crippen LogP contribution in [-0.2, 0) is 6.42 Å². The van der Waals surface area contributed by atoms with Crippen molar-refractivity contribution in [3.8, 4) is 0 Å². The summed E-state index contributed by atoms with van der Waals surface area (Å²) in [6.07, 6.45) is -3.36. The average Bonchev–Trinajstić information content (AvgIpc) is 2.35. The van der Waals surface area contributed by atoms with Gasteiger partial charge in [0.1, 0.15) is 12.4 Å². The van der Waals surface area contributed by atoms with Crippen LogP contribution in [0, 0.1) is 5.82 Å². The van der Waals surface area contributed by atoms with Gasteiger partial charge in [-0.1, -0.05) is 19.1 Å². The molecule has 0 bridgehead atoms. The van der Waals surface area contributed by atoms with Gasteiger partial charge in [-0.3, -0.25) is 0 Å². The van der Waals surface area contributed by atoms with Crippen LogP contribution in [0.15, 0.2) is 18.2 Å². The molecule has 6 heteroatoms. The zero-order chi connectivity index (χ0) is 16.2. The van der Waals surface area contributed by atoms with E-state index in [4.69, 9.17) is 5.73 Å². The normalized spacial score (nSPS) is 13.6. The number of alkyl halides is 3. The van der Waals surface area contributed by atoms with Gasteiger partial charge >= 0.3 is 6.18 Å². The van der Waals surface area contributed by atoms with Crippen LogP contribution in [0.25, 0.3) is 0 Å². The Labute approximate surface area is 122 Å². The van der Waals surface area contributed by atoms with Crippen molar-refractivity contribution < 1.29 is 17.6 Å². The molecule has 0 saturated carbocycles. The molecule has 1 aromatic carbocycles. The Kier molecular flexibility index (Phi) is 6.01. The maximum Gasteiger partial charge on any atom is 0.405 e. The molecule has 2 N–H and O–H groups in total. The summed E-state index contributed by atoms with van der Waals surface area (Å²) in [4.78, 5) is 1.05. The average molecular weight is 306 g/mol.